The molecule has 0 bridgehead atoms. The fourth-order valence-corrected chi connectivity index (χ4v) is 2.61. The predicted molar refractivity (Wildman–Crippen MR) is 65.5 cm³/mol. The van der Waals surface area contributed by atoms with Gasteiger partial charge in [-0.1, -0.05) is 18.2 Å². The Balaban J connectivity index is 2.15. The fourth-order valence-electron chi connectivity index (χ4n) is 1.46. The third kappa shape index (κ3) is 2.76. The second-order valence-corrected chi connectivity index (χ2v) is 5.08. The van der Waals surface area contributed by atoms with Crippen molar-refractivity contribution in [1.82, 2.24) is 4.98 Å². The quantitative estimate of drug-likeness (QED) is 0.813. The largest absolute Gasteiger partial charge is 0.260 e. The number of hydrogen-bond donors (Lipinski definition) is 0. The van der Waals surface area contributed by atoms with E-state index in [-0.39, 0.29) is 0 Å². The number of benzene rings is 1. The summed E-state index contributed by atoms with van der Waals surface area (Å²) in [6.07, 6.45) is 1.72. The lowest BCUT2D eigenvalue weighted by Gasteiger charge is -2.02. The molecule has 0 aliphatic rings. The molecule has 0 aliphatic carbocycles. The number of pyridine rings is 1. The molecule has 0 fully saturated rings. The van der Waals surface area contributed by atoms with Crippen molar-refractivity contribution >= 4 is 10.8 Å². The van der Waals surface area contributed by atoms with Crippen molar-refractivity contribution in [3.63, 3.8) is 0 Å². The summed E-state index contributed by atoms with van der Waals surface area (Å²) in [7, 11) is -1.01. The molecule has 0 spiro atoms. The highest BCUT2D eigenvalue weighted by Crippen LogP contribution is 2.12. The van der Waals surface area contributed by atoms with E-state index >= 15 is 0 Å². The smallest absolute Gasteiger partial charge is 0.0705 e. The minimum Gasteiger partial charge on any atom is -0.260 e. The number of aromatic nitrogens is 1. The average molecular weight is 231 g/mol. The van der Waals surface area contributed by atoms with Crippen LogP contribution < -0.4 is 0 Å². The van der Waals surface area contributed by atoms with E-state index in [1.807, 2.05) is 49.4 Å². The Kier molecular flexibility index (Phi) is 3.47. The average Bonchev–Trinajstić information content (AvgIpc) is 2.30. The zero-order chi connectivity index (χ0) is 11.4. The van der Waals surface area contributed by atoms with Gasteiger partial charge in [0.2, 0.25) is 0 Å². The van der Waals surface area contributed by atoms with Crippen molar-refractivity contribution in [3.05, 3.63) is 59.9 Å². The Morgan fingerprint density at radius 1 is 1.19 bits per heavy atom. The number of nitrogens with zero attached hydrogens (tertiary/aromatic N) is 1. The maximum atomic E-state index is 12.0. The molecule has 0 N–H and O–H groups in total. The molecule has 2 nitrogen and oxygen atoms in total. The molecule has 0 saturated heterocycles. The third-order valence-corrected chi connectivity index (χ3v) is 3.60. The van der Waals surface area contributed by atoms with Crippen molar-refractivity contribution in [2.75, 3.05) is 0 Å². The van der Waals surface area contributed by atoms with Crippen LogP contribution in [-0.2, 0) is 16.6 Å². The van der Waals surface area contributed by atoms with Crippen LogP contribution in [0.2, 0.25) is 0 Å². The second-order valence-electron chi connectivity index (χ2n) is 3.63. The van der Waals surface area contributed by atoms with Gasteiger partial charge in [-0.05, 0) is 36.8 Å². The van der Waals surface area contributed by atoms with Crippen LogP contribution in [0.15, 0.2) is 53.6 Å². The molecule has 0 amide bonds. The minimum atomic E-state index is -1.01. The van der Waals surface area contributed by atoms with Gasteiger partial charge in [-0.2, -0.15) is 0 Å². The fraction of sp³-hybridized carbons (Fsp3) is 0.154. The standard InChI is InChI=1S/C13H13NOS/c1-11-5-4-7-13(9-11)16(15)10-12-6-2-3-8-14-12/h2-9H,10H2,1H3/t16-/m1/s1. The van der Waals surface area contributed by atoms with Crippen LogP contribution in [0.1, 0.15) is 11.3 Å². The number of rotatable bonds is 3. The Hall–Kier alpha value is -1.48. The molecule has 0 saturated carbocycles. The molecule has 2 rings (SSSR count). The first-order valence-electron chi connectivity index (χ1n) is 5.10. The Morgan fingerprint density at radius 3 is 2.75 bits per heavy atom. The zero-order valence-electron chi connectivity index (χ0n) is 9.09. The molecule has 1 aromatic carbocycles. The molecule has 0 radical (unpaired) electrons. The molecule has 2 aromatic rings. The van der Waals surface area contributed by atoms with E-state index in [2.05, 4.69) is 4.98 Å². The molecule has 0 aliphatic heterocycles. The van der Waals surface area contributed by atoms with E-state index in [9.17, 15) is 4.21 Å². The van der Waals surface area contributed by atoms with Gasteiger partial charge in [0.25, 0.3) is 0 Å². The SMILES string of the molecule is Cc1cccc([S@](=O)Cc2ccccn2)c1. The van der Waals surface area contributed by atoms with E-state index in [4.69, 9.17) is 0 Å². The van der Waals surface area contributed by atoms with Gasteiger partial charge in [0, 0.05) is 11.1 Å². The summed E-state index contributed by atoms with van der Waals surface area (Å²) in [5, 5.41) is 0. The Morgan fingerprint density at radius 2 is 2.06 bits per heavy atom. The van der Waals surface area contributed by atoms with E-state index < -0.39 is 10.8 Å². The topological polar surface area (TPSA) is 30.0 Å². The van der Waals surface area contributed by atoms with Crippen molar-refractivity contribution in [2.24, 2.45) is 0 Å². The maximum Gasteiger partial charge on any atom is 0.0705 e. The highest BCUT2D eigenvalue weighted by Gasteiger charge is 2.05. The van der Waals surface area contributed by atoms with E-state index in [1.54, 1.807) is 6.20 Å². The van der Waals surface area contributed by atoms with Crippen molar-refractivity contribution in [2.45, 2.75) is 17.6 Å². The van der Waals surface area contributed by atoms with Gasteiger partial charge in [-0.25, -0.2) is 0 Å². The van der Waals surface area contributed by atoms with Gasteiger partial charge in [0.15, 0.2) is 0 Å². The predicted octanol–water partition coefficient (Wildman–Crippen LogP) is 2.70. The third-order valence-electron chi connectivity index (χ3n) is 2.26. The summed E-state index contributed by atoms with van der Waals surface area (Å²) in [5.41, 5.74) is 1.99. The highest BCUT2D eigenvalue weighted by atomic mass is 32.2. The summed E-state index contributed by atoms with van der Waals surface area (Å²) in [5.74, 6) is 0.476. The summed E-state index contributed by atoms with van der Waals surface area (Å²) in [6, 6.07) is 13.5. The Labute approximate surface area is 97.8 Å². The van der Waals surface area contributed by atoms with Gasteiger partial charge >= 0.3 is 0 Å². The van der Waals surface area contributed by atoms with Crippen molar-refractivity contribution in [1.29, 1.82) is 0 Å². The molecule has 1 atom stereocenters. The van der Waals surface area contributed by atoms with Crippen LogP contribution in [0, 0.1) is 6.92 Å². The van der Waals surface area contributed by atoms with Crippen molar-refractivity contribution < 1.29 is 4.21 Å². The van der Waals surface area contributed by atoms with Gasteiger partial charge < -0.3 is 0 Å². The van der Waals surface area contributed by atoms with Gasteiger partial charge in [0.05, 0.1) is 22.2 Å². The molecule has 1 aromatic heterocycles. The highest BCUT2D eigenvalue weighted by molar-refractivity contribution is 7.84. The van der Waals surface area contributed by atoms with Crippen LogP contribution >= 0.6 is 0 Å². The number of aryl methyl sites for hydroxylation is 1. The van der Waals surface area contributed by atoms with Gasteiger partial charge in [0.1, 0.15) is 0 Å². The van der Waals surface area contributed by atoms with Crippen LogP contribution in [0.5, 0.6) is 0 Å². The summed E-state index contributed by atoms with van der Waals surface area (Å²) < 4.78 is 12.0. The van der Waals surface area contributed by atoms with Crippen LogP contribution in [0.25, 0.3) is 0 Å². The molecule has 0 unspecified atom stereocenters. The summed E-state index contributed by atoms with van der Waals surface area (Å²) in [4.78, 5) is 5.04. The normalized spacial score (nSPS) is 12.3. The lowest BCUT2D eigenvalue weighted by atomic mass is 10.2. The number of hydrogen-bond acceptors (Lipinski definition) is 2. The Bertz CT molecular complexity index is 496. The maximum absolute atomic E-state index is 12.0. The van der Waals surface area contributed by atoms with E-state index in [0.717, 1.165) is 16.2 Å². The van der Waals surface area contributed by atoms with Gasteiger partial charge in [-0.3, -0.25) is 9.19 Å². The van der Waals surface area contributed by atoms with Crippen molar-refractivity contribution in [3.8, 4) is 0 Å². The first-order chi connectivity index (χ1) is 7.75. The van der Waals surface area contributed by atoms with Crippen LogP contribution in [0.4, 0.5) is 0 Å². The molecule has 1 heterocycles. The zero-order valence-corrected chi connectivity index (χ0v) is 9.91. The first-order valence-corrected chi connectivity index (χ1v) is 6.42. The summed E-state index contributed by atoms with van der Waals surface area (Å²) >= 11 is 0. The monoisotopic (exact) mass is 231 g/mol. The van der Waals surface area contributed by atoms with E-state index in [1.165, 1.54) is 0 Å². The molecular weight excluding hydrogens is 218 g/mol. The van der Waals surface area contributed by atoms with E-state index in [0.29, 0.717) is 5.75 Å². The second kappa shape index (κ2) is 5.03. The van der Waals surface area contributed by atoms with Gasteiger partial charge in [-0.15, -0.1) is 0 Å². The first kappa shape index (κ1) is 11.0. The molecular formula is C13H13NOS. The lowest BCUT2D eigenvalue weighted by Crippen LogP contribution is -1.98. The summed E-state index contributed by atoms with van der Waals surface area (Å²) in [6.45, 7) is 2.00. The molecule has 82 valence electrons. The van der Waals surface area contributed by atoms with Crippen LogP contribution in [-0.4, -0.2) is 9.19 Å². The minimum absolute atomic E-state index is 0.476. The lowest BCUT2D eigenvalue weighted by molar-refractivity contribution is 0.682. The molecule has 3 heteroatoms. The van der Waals surface area contributed by atoms with Crippen LogP contribution in [0.3, 0.4) is 0 Å². The molecule has 16 heavy (non-hydrogen) atoms.